The van der Waals surface area contributed by atoms with Gasteiger partial charge < -0.3 is 4.90 Å². The average Bonchev–Trinajstić information content (AvgIpc) is 2.61. The largest absolute Gasteiger partial charge is 0.306 e. The fourth-order valence-electron chi connectivity index (χ4n) is 3.65. The smallest absolute Gasteiger partial charge is 0.123 e. The van der Waals surface area contributed by atoms with Crippen LogP contribution in [0.2, 0.25) is 0 Å². The van der Waals surface area contributed by atoms with Gasteiger partial charge >= 0.3 is 0 Å². The third kappa shape index (κ3) is 4.05. The van der Waals surface area contributed by atoms with E-state index < -0.39 is 0 Å². The van der Waals surface area contributed by atoms with Crippen LogP contribution in [0, 0.1) is 11.7 Å². The second kappa shape index (κ2) is 8.43. The van der Waals surface area contributed by atoms with E-state index in [9.17, 15) is 4.39 Å². The second-order valence-corrected chi connectivity index (χ2v) is 6.92. The Kier molecular flexibility index (Phi) is 6.56. The summed E-state index contributed by atoms with van der Waals surface area (Å²) in [5.74, 6) is 0.269. The zero-order valence-electron chi connectivity index (χ0n) is 15.4. The summed E-state index contributed by atoms with van der Waals surface area (Å²) in [4.78, 5) is 2.36. The van der Waals surface area contributed by atoms with Crippen LogP contribution in [0.15, 0.2) is 54.6 Å². The first kappa shape index (κ1) is 18.7. The molecule has 0 aliphatic rings. The molecule has 0 N–H and O–H groups in total. The van der Waals surface area contributed by atoms with Gasteiger partial charge in [0.25, 0.3) is 0 Å². The molecular weight excluding hydrogens is 297 g/mol. The minimum absolute atomic E-state index is 0.159. The van der Waals surface area contributed by atoms with E-state index in [0.29, 0.717) is 5.92 Å². The van der Waals surface area contributed by atoms with E-state index in [0.717, 1.165) is 31.5 Å². The molecule has 2 aromatic rings. The normalized spacial score (nSPS) is 15.2. The highest BCUT2D eigenvalue weighted by Crippen LogP contribution is 2.41. The number of nitrogens with zero attached hydrogens (tertiary/aromatic N) is 1. The Morgan fingerprint density at radius 1 is 1.00 bits per heavy atom. The molecule has 0 bridgehead atoms. The molecule has 0 spiro atoms. The van der Waals surface area contributed by atoms with Gasteiger partial charge in [-0.1, -0.05) is 69.7 Å². The first-order valence-corrected chi connectivity index (χ1v) is 9.02. The van der Waals surface area contributed by atoms with Crippen molar-refractivity contribution in [3.63, 3.8) is 0 Å². The number of hydrogen-bond donors (Lipinski definition) is 0. The van der Waals surface area contributed by atoms with Crippen molar-refractivity contribution in [3.05, 3.63) is 71.5 Å². The molecule has 0 aliphatic carbocycles. The van der Waals surface area contributed by atoms with E-state index in [4.69, 9.17) is 0 Å². The lowest BCUT2D eigenvalue weighted by atomic mass is 9.65. The van der Waals surface area contributed by atoms with Crippen molar-refractivity contribution in [3.8, 4) is 0 Å². The van der Waals surface area contributed by atoms with Crippen LogP contribution in [-0.2, 0) is 5.41 Å². The van der Waals surface area contributed by atoms with Gasteiger partial charge in [-0.2, -0.15) is 0 Å². The van der Waals surface area contributed by atoms with Crippen molar-refractivity contribution in [2.75, 3.05) is 20.1 Å². The van der Waals surface area contributed by atoms with Gasteiger partial charge in [-0.3, -0.25) is 0 Å². The lowest BCUT2D eigenvalue weighted by molar-refractivity contribution is 0.216. The van der Waals surface area contributed by atoms with Crippen LogP contribution in [0.1, 0.15) is 44.7 Å². The highest BCUT2D eigenvalue weighted by atomic mass is 19.1. The van der Waals surface area contributed by atoms with E-state index >= 15 is 0 Å². The molecule has 1 nitrogen and oxygen atoms in total. The van der Waals surface area contributed by atoms with E-state index in [1.54, 1.807) is 6.07 Å². The second-order valence-electron chi connectivity index (χ2n) is 6.92. The highest BCUT2D eigenvalue weighted by Gasteiger charge is 2.37. The van der Waals surface area contributed by atoms with Crippen LogP contribution in [0.3, 0.4) is 0 Å². The van der Waals surface area contributed by atoms with Crippen molar-refractivity contribution < 1.29 is 4.39 Å². The van der Waals surface area contributed by atoms with E-state index in [1.807, 2.05) is 12.1 Å². The third-order valence-electron chi connectivity index (χ3n) is 5.32. The summed E-state index contributed by atoms with van der Waals surface area (Å²) >= 11 is 0. The quantitative estimate of drug-likeness (QED) is 0.619. The lowest BCUT2D eigenvalue weighted by Crippen LogP contribution is -2.40. The van der Waals surface area contributed by atoms with Crippen molar-refractivity contribution in [2.24, 2.45) is 5.92 Å². The molecule has 2 heteroatoms. The molecule has 24 heavy (non-hydrogen) atoms. The number of rotatable bonds is 8. The van der Waals surface area contributed by atoms with Gasteiger partial charge in [0.2, 0.25) is 0 Å². The maximum absolute atomic E-state index is 14.0. The zero-order valence-corrected chi connectivity index (χ0v) is 15.4. The van der Waals surface area contributed by atoms with Gasteiger partial charge in [0.15, 0.2) is 0 Å². The Morgan fingerprint density at radius 2 is 1.67 bits per heavy atom. The molecule has 0 saturated heterocycles. The fraction of sp³-hybridized carbons (Fsp3) is 0.455. The molecule has 0 radical (unpaired) electrons. The van der Waals surface area contributed by atoms with Crippen molar-refractivity contribution in [1.29, 1.82) is 0 Å². The maximum Gasteiger partial charge on any atom is 0.123 e. The molecule has 0 saturated carbocycles. The summed E-state index contributed by atoms with van der Waals surface area (Å²) in [7, 11) is 2.17. The third-order valence-corrected chi connectivity index (χ3v) is 5.32. The summed E-state index contributed by atoms with van der Waals surface area (Å²) < 4.78 is 14.0. The monoisotopic (exact) mass is 327 g/mol. The van der Waals surface area contributed by atoms with Crippen LogP contribution >= 0.6 is 0 Å². The molecule has 2 rings (SSSR count). The number of hydrogen-bond acceptors (Lipinski definition) is 1. The van der Waals surface area contributed by atoms with E-state index in [-0.39, 0.29) is 11.2 Å². The van der Waals surface area contributed by atoms with Gasteiger partial charge in [-0.25, -0.2) is 4.39 Å². The van der Waals surface area contributed by atoms with Crippen LogP contribution in [0.4, 0.5) is 4.39 Å². The molecule has 2 aromatic carbocycles. The summed E-state index contributed by atoms with van der Waals surface area (Å²) in [5, 5.41) is 0. The van der Waals surface area contributed by atoms with Crippen molar-refractivity contribution in [2.45, 2.75) is 39.0 Å². The average molecular weight is 327 g/mol. The van der Waals surface area contributed by atoms with Crippen LogP contribution in [-0.4, -0.2) is 25.0 Å². The summed E-state index contributed by atoms with van der Waals surface area (Å²) in [6.45, 7) is 8.72. The number of halogens is 1. The van der Waals surface area contributed by atoms with Crippen LogP contribution < -0.4 is 0 Å². The molecule has 0 heterocycles. The SMILES string of the molecule is CCCC(CN(C)CC)C(C)(c1ccccc1)c1cccc(F)c1. The summed E-state index contributed by atoms with van der Waals surface area (Å²) in [5.41, 5.74) is 2.12. The van der Waals surface area contributed by atoms with E-state index in [2.05, 4.69) is 63.1 Å². The van der Waals surface area contributed by atoms with Crippen LogP contribution in [0.5, 0.6) is 0 Å². The topological polar surface area (TPSA) is 3.24 Å². The Labute approximate surface area is 146 Å². The molecule has 0 aliphatic heterocycles. The summed E-state index contributed by atoms with van der Waals surface area (Å²) in [6.07, 6.45) is 2.24. The molecule has 0 fully saturated rings. The highest BCUT2D eigenvalue weighted by molar-refractivity contribution is 5.39. The Hall–Kier alpha value is -1.67. The van der Waals surface area contributed by atoms with Crippen molar-refractivity contribution >= 4 is 0 Å². The van der Waals surface area contributed by atoms with Gasteiger partial charge in [0.1, 0.15) is 5.82 Å². The molecule has 130 valence electrons. The van der Waals surface area contributed by atoms with Gasteiger partial charge in [0.05, 0.1) is 0 Å². The van der Waals surface area contributed by atoms with Gasteiger partial charge in [-0.05, 0) is 49.2 Å². The lowest BCUT2D eigenvalue weighted by Gasteiger charge is -2.41. The molecule has 0 amide bonds. The Morgan fingerprint density at radius 3 is 2.25 bits per heavy atom. The minimum Gasteiger partial charge on any atom is -0.306 e. The van der Waals surface area contributed by atoms with Gasteiger partial charge in [0, 0.05) is 12.0 Å². The Bertz CT molecular complexity index is 625. The predicted octanol–water partition coefficient (Wildman–Crippen LogP) is 5.50. The summed E-state index contributed by atoms with van der Waals surface area (Å²) in [6, 6.07) is 17.7. The first-order chi connectivity index (χ1) is 11.5. The van der Waals surface area contributed by atoms with Gasteiger partial charge in [-0.15, -0.1) is 0 Å². The molecular formula is C22H30FN. The van der Waals surface area contributed by atoms with Crippen LogP contribution in [0.25, 0.3) is 0 Å². The fourth-order valence-corrected chi connectivity index (χ4v) is 3.65. The Balaban J connectivity index is 2.56. The zero-order chi connectivity index (χ0) is 17.6. The molecule has 0 aromatic heterocycles. The molecule has 2 unspecified atom stereocenters. The van der Waals surface area contributed by atoms with Crippen molar-refractivity contribution in [1.82, 2.24) is 4.90 Å². The first-order valence-electron chi connectivity index (χ1n) is 9.02. The molecule has 2 atom stereocenters. The minimum atomic E-state index is -0.206. The predicted molar refractivity (Wildman–Crippen MR) is 101 cm³/mol. The standard InChI is InChI=1S/C22H30FN/c1-5-11-20(17-24(4)6-2)22(3,18-12-8-7-9-13-18)19-14-10-15-21(23)16-19/h7-10,12-16,20H,5-6,11,17H2,1-4H3. The maximum atomic E-state index is 14.0. The van der Waals surface area contributed by atoms with E-state index in [1.165, 1.54) is 11.6 Å². The number of benzene rings is 2.